The molecule has 4 aromatic rings. The Balaban J connectivity index is 1.85. The van der Waals surface area contributed by atoms with Crippen LogP contribution in [-0.4, -0.2) is 50.2 Å². The molecule has 7 nitrogen and oxygen atoms in total. The minimum atomic E-state index is -2.25. The fourth-order valence-electron chi connectivity index (χ4n) is 5.03. The van der Waals surface area contributed by atoms with Crippen molar-refractivity contribution in [2.24, 2.45) is 0 Å². The van der Waals surface area contributed by atoms with Gasteiger partial charge in [-0.1, -0.05) is 13.8 Å². The van der Waals surface area contributed by atoms with Gasteiger partial charge in [0.05, 0.1) is 23.8 Å². The van der Waals surface area contributed by atoms with Gasteiger partial charge in [0.25, 0.3) is 0 Å². The molecule has 0 spiro atoms. The SMILES string of the molecule is COCC(C)(C)c1c(C2CC(F)(C(=O)O)C2)c2nc3[nH]ncc3cc2n1-c1ccc(F)cc1. The maximum Gasteiger partial charge on any atom is 0.341 e. The summed E-state index contributed by atoms with van der Waals surface area (Å²) in [5.74, 6) is -2.14. The highest BCUT2D eigenvalue weighted by Crippen LogP contribution is 2.53. The lowest BCUT2D eigenvalue weighted by atomic mass is 9.67. The van der Waals surface area contributed by atoms with E-state index < -0.39 is 17.1 Å². The van der Waals surface area contributed by atoms with Crippen LogP contribution in [0.5, 0.6) is 0 Å². The van der Waals surface area contributed by atoms with Gasteiger partial charge in [-0.3, -0.25) is 5.10 Å². The first-order valence-electron chi connectivity index (χ1n) is 10.7. The Kier molecular flexibility index (Phi) is 4.79. The number of aliphatic carboxylic acids is 1. The smallest absolute Gasteiger partial charge is 0.341 e. The summed E-state index contributed by atoms with van der Waals surface area (Å²) < 4.78 is 36.1. The summed E-state index contributed by atoms with van der Waals surface area (Å²) in [6.07, 6.45) is 1.40. The number of hydrogen-bond acceptors (Lipinski definition) is 4. The first-order chi connectivity index (χ1) is 15.6. The molecule has 1 saturated carbocycles. The molecule has 9 heteroatoms. The van der Waals surface area contributed by atoms with Crippen LogP contribution in [0.3, 0.4) is 0 Å². The molecule has 5 rings (SSSR count). The summed E-state index contributed by atoms with van der Waals surface area (Å²) in [7, 11) is 1.61. The molecule has 0 saturated heterocycles. The summed E-state index contributed by atoms with van der Waals surface area (Å²) in [6.45, 7) is 4.39. The minimum absolute atomic E-state index is 0.135. The van der Waals surface area contributed by atoms with Crippen molar-refractivity contribution in [2.75, 3.05) is 13.7 Å². The molecule has 1 fully saturated rings. The van der Waals surface area contributed by atoms with Crippen molar-refractivity contribution >= 4 is 28.0 Å². The van der Waals surface area contributed by atoms with Crippen molar-refractivity contribution in [3.8, 4) is 5.69 Å². The van der Waals surface area contributed by atoms with Crippen molar-refractivity contribution in [1.82, 2.24) is 19.7 Å². The molecule has 1 aliphatic rings. The average Bonchev–Trinajstić information content (AvgIpc) is 3.32. The number of hydrogen-bond donors (Lipinski definition) is 2. The number of pyridine rings is 1. The van der Waals surface area contributed by atoms with Crippen molar-refractivity contribution in [3.05, 3.63) is 53.6 Å². The predicted molar refractivity (Wildman–Crippen MR) is 119 cm³/mol. The van der Waals surface area contributed by atoms with Crippen LogP contribution in [0.25, 0.3) is 27.8 Å². The summed E-state index contributed by atoms with van der Waals surface area (Å²) in [5, 5.41) is 17.1. The van der Waals surface area contributed by atoms with Crippen LogP contribution in [0.2, 0.25) is 0 Å². The van der Waals surface area contributed by atoms with E-state index in [9.17, 15) is 18.7 Å². The molecular weight excluding hydrogens is 430 g/mol. The third-order valence-electron chi connectivity index (χ3n) is 6.54. The van der Waals surface area contributed by atoms with E-state index in [0.29, 0.717) is 17.8 Å². The first-order valence-corrected chi connectivity index (χ1v) is 10.7. The lowest BCUT2D eigenvalue weighted by Gasteiger charge is -2.40. The zero-order chi connectivity index (χ0) is 23.5. The molecule has 2 N–H and O–H groups in total. The Bertz CT molecular complexity index is 1370. The zero-order valence-corrected chi connectivity index (χ0v) is 18.5. The number of benzene rings is 1. The Morgan fingerprint density at radius 1 is 1.33 bits per heavy atom. The van der Waals surface area contributed by atoms with Gasteiger partial charge in [0.1, 0.15) is 5.82 Å². The third-order valence-corrected chi connectivity index (χ3v) is 6.54. The number of H-pyrrole nitrogens is 1. The maximum atomic E-state index is 14.8. The van der Waals surface area contributed by atoms with Crippen molar-refractivity contribution < 1.29 is 23.4 Å². The summed E-state index contributed by atoms with van der Waals surface area (Å²) >= 11 is 0. The summed E-state index contributed by atoms with van der Waals surface area (Å²) in [5.41, 5.74) is 1.56. The highest BCUT2D eigenvalue weighted by Gasteiger charge is 2.54. The Labute approximate surface area is 188 Å². The van der Waals surface area contributed by atoms with Gasteiger partial charge in [-0.15, -0.1) is 0 Å². The third kappa shape index (κ3) is 3.30. The largest absolute Gasteiger partial charge is 0.479 e. The number of carboxylic acids is 1. The van der Waals surface area contributed by atoms with Gasteiger partial charge in [0, 0.05) is 34.9 Å². The predicted octanol–water partition coefficient (Wildman–Crippen LogP) is 4.64. The fraction of sp³-hybridized carbons (Fsp3) is 0.375. The number of fused-ring (bicyclic) bond motifs is 2. The first kappa shape index (κ1) is 21.5. The van der Waals surface area contributed by atoms with Gasteiger partial charge in [-0.25, -0.2) is 18.6 Å². The number of rotatable bonds is 6. The molecule has 0 radical (unpaired) electrons. The average molecular weight is 454 g/mol. The Hall–Kier alpha value is -3.33. The normalized spacial score (nSPS) is 20.9. The molecular formula is C24H24F2N4O3. The molecule has 0 bridgehead atoms. The van der Waals surface area contributed by atoms with E-state index in [1.165, 1.54) is 12.1 Å². The number of ether oxygens (including phenoxy) is 1. The van der Waals surface area contributed by atoms with Gasteiger partial charge in [-0.05, 0) is 49.1 Å². The number of aromatic amines is 1. The van der Waals surface area contributed by atoms with E-state index in [2.05, 4.69) is 10.2 Å². The molecule has 3 aromatic heterocycles. The van der Waals surface area contributed by atoms with Crippen molar-refractivity contribution in [2.45, 2.75) is 43.7 Å². The van der Waals surface area contributed by atoms with Crippen LogP contribution in [0, 0.1) is 5.82 Å². The highest BCUT2D eigenvalue weighted by molar-refractivity contribution is 5.94. The molecule has 1 aromatic carbocycles. The number of alkyl halides is 1. The number of methoxy groups -OCH3 is 1. The lowest BCUT2D eigenvalue weighted by molar-refractivity contribution is -0.158. The molecule has 0 aliphatic heterocycles. The molecule has 3 heterocycles. The van der Waals surface area contributed by atoms with Gasteiger partial charge < -0.3 is 14.4 Å². The zero-order valence-electron chi connectivity index (χ0n) is 18.5. The molecule has 0 amide bonds. The van der Waals surface area contributed by atoms with Crippen LogP contribution in [0.4, 0.5) is 8.78 Å². The number of nitrogens with one attached hydrogen (secondary N) is 1. The second-order valence-corrected chi connectivity index (χ2v) is 9.43. The summed E-state index contributed by atoms with van der Waals surface area (Å²) in [6, 6.07) is 8.08. The Morgan fingerprint density at radius 3 is 2.67 bits per heavy atom. The maximum absolute atomic E-state index is 14.8. The molecule has 0 atom stereocenters. The fourth-order valence-corrected chi connectivity index (χ4v) is 5.03. The van der Waals surface area contributed by atoms with E-state index in [1.807, 2.05) is 24.5 Å². The second-order valence-electron chi connectivity index (χ2n) is 9.43. The van der Waals surface area contributed by atoms with E-state index in [1.54, 1.807) is 25.4 Å². The lowest BCUT2D eigenvalue weighted by Crippen LogP contribution is -2.46. The number of halogens is 2. The van der Waals surface area contributed by atoms with E-state index >= 15 is 0 Å². The Morgan fingerprint density at radius 2 is 2.03 bits per heavy atom. The van der Waals surface area contributed by atoms with Crippen LogP contribution >= 0.6 is 0 Å². The van der Waals surface area contributed by atoms with E-state index in [0.717, 1.165) is 27.8 Å². The molecule has 0 unspecified atom stereocenters. The van der Waals surface area contributed by atoms with E-state index in [4.69, 9.17) is 9.72 Å². The minimum Gasteiger partial charge on any atom is -0.479 e. The molecule has 33 heavy (non-hydrogen) atoms. The monoisotopic (exact) mass is 454 g/mol. The van der Waals surface area contributed by atoms with Crippen LogP contribution in [-0.2, 0) is 14.9 Å². The topological polar surface area (TPSA) is 93.0 Å². The summed E-state index contributed by atoms with van der Waals surface area (Å²) in [4.78, 5) is 16.3. The van der Waals surface area contributed by atoms with Crippen molar-refractivity contribution in [1.29, 1.82) is 0 Å². The van der Waals surface area contributed by atoms with Crippen LogP contribution in [0.15, 0.2) is 36.5 Å². The standard InChI is InChI=1S/C24H24F2N4O3/c1-23(2,12-33-3)20-18(14-9-24(26,10-14)22(31)32)19-17(8-13-11-27-29-21(13)28-19)30(20)16-6-4-15(25)5-7-16/h4-8,11,14H,9-10,12H2,1-3H3,(H,31,32)(H,27,28,29). The van der Waals surface area contributed by atoms with Gasteiger partial charge in [-0.2, -0.15) is 5.10 Å². The highest BCUT2D eigenvalue weighted by atomic mass is 19.1. The quantitative estimate of drug-likeness (QED) is 0.443. The van der Waals surface area contributed by atoms with E-state index in [-0.39, 0.29) is 24.6 Å². The van der Waals surface area contributed by atoms with Gasteiger partial charge >= 0.3 is 5.97 Å². The second kappa shape index (κ2) is 7.34. The number of carbonyl (C=O) groups is 1. The van der Waals surface area contributed by atoms with Crippen molar-refractivity contribution in [3.63, 3.8) is 0 Å². The number of nitrogens with zero attached hydrogens (tertiary/aromatic N) is 3. The van der Waals surface area contributed by atoms with Gasteiger partial charge in [0.2, 0.25) is 5.67 Å². The van der Waals surface area contributed by atoms with Gasteiger partial charge in [0.15, 0.2) is 5.65 Å². The van der Waals surface area contributed by atoms with Crippen LogP contribution in [0.1, 0.15) is 43.9 Å². The molecule has 1 aliphatic carbocycles. The number of aromatic nitrogens is 4. The molecule has 172 valence electrons. The van der Waals surface area contributed by atoms with Crippen LogP contribution < -0.4 is 0 Å². The number of carboxylic acid groups (broad SMARTS) is 1.